The molecule has 0 unspecified atom stereocenters. The lowest BCUT2D eigenvalue weighted by Crippen LogP contribution is -2.41. The molecule has 4 heteroatoms. The van der Waals surface area contributed by atoms with Crippen molar-refractivity contribution in [1.82, 2.24) is 4.90 Å². The van der Waals surface area contributed by atoms with Gasteiger partial charge in [0.15, 0.2) is 0 Å². The number of amides is 1. The molecular weight excluding hydrogens is 276 g/mol. The highest BCUT2D eigenvalue weighted by molar-refractivity contribution is 5.92. The number of rotatable bonds is 7. The average molecular weight is 304 g/mol. The van der Waals surface area contributed by atoms with Crippen LogP contribution in [0.25, 0.3) is 0 Å². The van der Waals surface area contributed by atoms with E-state index in [9.17, 15) is 9.90 Å². The number of carbonyl (C=O) groups is 1. The molecular formula is C18H28N2O2. The number of anilines is 1. The molecule has 1 aliphatic heterocycles. The summed E-state index contributed by atoms with van der Waals surface area (Å²) in [5, 5.41) is 12.2. The first-order valence-corrected chi connectivity index (χ1v) is 8.43. The lowest BCUT2D eigenvalue weighted by molar-refractivity contribution is -0.117. The zero-order chi connectivity index (χ0) is 15.8. The van der Waals surface area contributed by atoms with Crippen molar-refractivity contribution in [2.24, 2.45) is 5.92 Å². The molecule has 1 fully saturated rings. The maximum Gasteiger partial charge on any atom is 0.238 e. The van der Waals surface area contributed by atoms with Crippen LogP contribution in [0.2, 0.25) is 0 Å². The second-order valence-corrected chi connectivity index (χ2v) is 6.27. The number of likely N-dealkylation sites (tertiary alicyclic amines) is 1. The number of unbranched alkanes of at least 4 members (excludes halogenated alkanes) is 1. The van der Waals surface area contributed by atoms with Gasteiger partial charge in [0.2, 0.25) is 5.91 Å². The second-order valence-electron chi connectivity index (χ2n) is 6.27. The molecule has 1 aromatic rings. The van der Waals surface area contributed by atoms with Gasteiger partial charge < -0.3 is 10.4 Å². The van der Waals surface area contributed by atoms with E-state index >= 15 is 0 Å². The van der Waals surface area contributed by atoms with E-state index in [0.29, 0.717) is 12.5 Å². The van der Waals surface area contributed by atoms with Gasteiger partial charge in [0.1, 0.15) is 0 Å². The Balaban J connectivity index is 1.78. The lowest BCUT2D eigenvalue weighted by Gasteiger charge is -2.31. The van der Waals surface area contributed by atoms with Gasteiger partial charge in [-0.3, -0.25) is 9.69 Å². The largest absolute Gasteiger partial charge is 0.396 e. The molecule has 1 atom stereocenters. The Bertz CT molecular complexity index is 459. The fourth-order valence-electron chi connectivity index (χ4n) is 2.98. The summed E-state index contributed by atoms with van der Waals surface area (Å²) >= 11 is 0. The molecule has 22 heavy (non-hydrogen) atoms. The third kappa shape index (κ3) is 5.43. The van der Waals surface area contributed by atoms with Crippen LogP contribution in [0.4, 0.5) is 5.69 Å². The van der Waals surface area contributed by atoms with Gasteiger partial charge in [-0.15, -0.1) is 0 Å². The van der Waals surface area contributed by atoms with Gasteiger partial charge in [-0.2, -0.15) is 0 Å². The SMILES string of the molecule is CCCCc1ccc(NC(=O)CN2CCC[C@H](CO)C2)cc1. The van der Waals surface area contributed by atoms with Crippen LogP contribution < -0.4 is 5.32 Å². The van der Waals surface area contributed by atoms with Crippen LogP contribution in [0.15, 0.2) is 24.3 Å². The molecule has 0 spiro atoms. The first-order valence-electron chi connectivity index (χ1n) is 8.43. The van der Waals surface area contributed by atoms with Crippen LogP contribution in [0, 0.1) is 5.92 Å². The summed E-state index contributed by atoms with van der Waals surface area (Å²) in [6, 6.07) is 8.15. The molecule has 1 amide bonds. The third-order valence-corrected chi connectivity index (χ3v) is 4.29. The molecule has 122 valence electrons. The molecule has 0 radical (unpaired) electrons. The number of benzene rings is 1. The topological polar surface area (TPSA) is 52.6 Å². The van der Waals surface area contributed by atoms with E-state index in [0.717, 1.165) is 38.0 Å². The number of hydrogen-bond donors (Lipinski definition) is 2. The molecule has 1 saturated heterocycles. The van der Waals surface area contributed by atoms with Gasteiger partial charge in [-0.05, 0) is 55.8 Å². The van der Waals surface area contributed by atoms with Gasteiger partial charge in [0.05, 0.1) is 6.54 Å². The minimum atomic E-state index is 0.0277. The van der Waals surface area contributed by atoms with E-state index in [4.69, 9.17) is 0 Å². The summed E-state index contributed by atoms with van der Waals surface area (Å²) in [5.41, 5.74) is 2.18. The molecule has 2 N–H and O–H groups in total. The predicted octanol–water partition coefficient (Wildman–Crippen LogP) is 2.67. The molecule has 0 aromatic heterocycles. The molecule has 0 saturated carbocycles. The molecule has 4 nitrogen and oxygen atoms in total. The first kappa shape index (κ1) is 17.0. The van der Waals surface area contributed by atoms with Crippen LogP contribution in [0.5, 0.6) is 0 Å². The van der Waals surface area contributed by atoms with Crippen molar-refractivity contribution in [3.05, 3.63) is 29.8 Å². The third-order valence-electron chi connectivity index (χ3n) is 4.29. The average Bonchev–Trinajstić information content (AvgIpc) is 2.54. The molecule has 1 heterocycles. The Kier molecular flexibility index (Phi) is 6.87. The summed E-state index contributed by atoms with van der Waals surface area (Å²) in [4.78, 5) is 14.3. The van der Waals surface area contributed by atoms with Gasteiger partial charge in [-0.1, -0.05) is 25.5 Å². The monoisotopic (exact) mass is 304 g/mol. The second kappa shape index (κ2) is 8.91. The van der Waals surface area contributed by atoms with E-state index in [1.54, 1.807) is 0 Å². The van der Waals surface area contributed by atoms with Crippen molar-refractivity contribution in [1.29, 1.82) is 0 Å². The number of aliphatic hydroxyl groups excluding tert-OH is 1. The molecule has 1 aromatic carbocycles. The zero-order valence-electron chi connectivity index (χ0n) is 13.6. The van der Waals surface area contributed by atoms with Crippen molar-refractivity contribution in [2.45, 2.75) is 39.0 Å². The van der Waals surface area contributed by atoms with Crippen LogP contribution in [0.1, 0.15) is 38.2 Å². The summed E-state index contributed by atoms with van der Waals surface area (Å²) in [7, 11) is 0. The molecule has 1 aliphatic rings. The van der Waals surface area contributed by atoms with Crippen molar-refractivity contribution in [3.63, 3.8) is 0 Å². The molecule has 0 aliphatic carbocycles. The van der Waals surface area contributed by atoms with E-state index < -0.39 is 0 Å². The van der Waals surface area contributed by atoms with Crippen molar-refractivity contribution >= 4 is 11.6 Å². The minimum absolute atomic E-state index is 0.0277. The normalized spacial score (nSPS) is 19.1. The van der Waals surface area contributed by atoms with Crippen LogP contribution in [-0.4, -0.2) is 42.2 Å². The Labute approximate surface area is 133 Å². The Morgan fingerprint density at radius 1 is 1.36 bits per heavy atom. The van der Waals surface area contributed by atoms with Crippen molar-refractivity contribution in [3.8, 4) is 0 Å². The van der Waals surface area contributed by atoms with Crippen LogP contribution in [-0.2, 0) is 11.2 Å². The standard InChI is InChI=1S/C18H28N2O2/c1-2-3-5-15-7-9-17(10-8-15)19-18(22)13-20-11-4-6-16(12-20)14-21/h7-10,16,21H,2-6,11-14H2,1H3,(H,19,22)/t16-/m0/s1. The van der Waals surface area contributed by atoms with Crippen LogP contribution >= 0.6 is 0 Å². The fraction of sp³-hybridized carbons (Fsp3) is 0.611. The minimum Gasteiger partial charge on any atom is -0.396 e. The predicted molar refractivity (Wildman–Crippen MR) is 89.9 cm³/mol. The Hall–Kier alpha value is -1.39. The summed E-state index contributed by atoms with van der Waals surface area (Å²) in [6.45, 7) is 4.59. The van der Waals surface area contributed by atoms with Gasteiger partial charge >= 0.3 is 0 Å². The highest BCUT2D eigenvalue weighted by Gasteiger charge is 2.20. The number of aliphatic hydroxyl groups is 1. The quantitative estimate of drug-likeness (QED) is 0.814. The summed E-state index contributed by atoms with van der Waals surface area (Å²) in [6.07, 6.45) is 5.62. The van der Waals surface area contributed by atoms with E-state index in [1.807, 2.05) is 12.1 Å². The lowest BCUT2D eigenvalue weighted by atomic mass is 9.99. The van der Waals surface area contributed by atoms with Crippen molar-refractivity contribution < 1.29 is 9.90 Å². The van der Waals surface area contributed by atoms with Crippen molar-refractivity contribution in [2.75, 3.05) is 31.6 Å². The highest BCUT2D eigenvalue weighted by Crippen LogP contribution is 2.16. The highest BCUT2D eigenvalue weighted by atomic mass is 16.3. The maximum absolute atomic E-state index is 12.1. The maximum atomic E-state index is 12.1. The zero-order valence-corrected chi connectivity index (χ0v) is 13.6. The fourth-order valence-corrected chi connectivity index (χ4v) is 2.98. The summed E-state index contributed by atoms with van der Waals surface area (Å²) < 4.78 is 0. The molecule has 0 bridgehead atoms. The van der Waals surface area contributed by atoms with E-state index in [1.165, 1.54) is 18.4 Å². The summed E-state index contributed by atoms with van der Waals surface area (Å²) in [5.74, 6) is 0.347. The van der Waals surface area contributed by atoms with Gasteiger partial charge in [0.25, 0.3) is 0 Å². The number of piperidine rings is 1. The number of carbonyl (C=O) groups excluding carboxylic acids is 1. The number of hydrogen-bond acceptors (Lipinski definition) is 3. The number of aryl methyl sites for hydroxylation is 1. The van der Waals surface area contributed by atoms with Gasteiger partial charge in [0, 0.05) is 18.8 Å². The van der Waals surface area contributed by atoms with Gasteiger partial charge in [-0.25, -0.2) is 0 Å². The Morgan fingerprint density at radius 3 is 2.82 bits per heavy atom. The molecule has 2 rings (SSSR count). The van der Waals surface area contributed by atoms with E-state index in [2.05, 4.69) is 29.3 Å². The van der Waals surface area contributed by atoms with Crippen LogP contribution in [0.3, 0.4) is 0 Å². The van der Waals surface area contributed by atoms with E-state index in [-0.39, 0.29) is 12.5 Å². The first-order chi connectivity index (χ1) is 10.7. The Morgan fingerprint density at radius 2 is 2.14 bits per heavy atom. The number of nitrogens with zero attached hydrogens (tertiary/aromatic N) is 1. The number of nitrogens with one attached hydrogen (secondary N) is 1. The smallest absolute Gasteiger partial charge is 0.238 e.